The molecule has 37 heavy (non-hydrogen) atoms. The lowest BCUT2D eigenvalue weighted by Crippen LogP contribution is -2.49. The normalized spacial score (nSPS) is 18.3. The summed E-state index contributed by atoms with van der Waals surface area (Å²) in [6, 6.07) is 21.2. The lowest BCUT2D eigenvalue weighted by atomic mass is 9.96. The van der Waals surface area contributed by atoms with Crippen molar-refractivity contribution < 1.29 is 9.59 Å². The molecule has 2 fully saturated rings. The summed E-state index contributed by atoms with van der Waals surface area (Å²) in [5, 5.41) is 0. The number of piperidine rings is 1. The number of benzene rings is 1. The minimum absolute atomic E-state index is 0.0383. The first-order valence-corrected chi connectivity index (χ1v) is 13.0. The molecular weight excluding hydrogens is 464 g/mol. The number of piperazine rings is 1. The molecule has 2 saturated heterocycles. The van der Waals surface area contributed by atoms with Crippen LogP contribution in [0.15, 0.2) is 79.1 Å². The number of carbonyl (C=O) groups is 2. The summed E-state index contributed by atoms with van der Waals surface area (Å²) in [4.78, 5) is 42.2. The maximum absolute atomic E-state index is 13.7. The lowest BCUT2D eigenvalue weighted by Gasteiger charge is -2.35. The fourth-order valence-electron chi connectivity index (χ4n) is 5.47. The van der Waals surface area contributed by atoms with Crippen molar-refractivity contribution in [1.29, 1.82) is 0 Å². The van der Waals surface area contributed by atoms with Gasteiger partial charge in [0.25, 0.3) is 11.8 Å². The van der Waals surface area contributed by atoms with Crippen LogP contribution in [0.1, 0.15) is 45.4 Å². The number of imidazole rings is 1. The van der Waals surface area contributed by atoms with Gasteiger partial charge in [-0.1, -0.05) is 30.3 Å². The second-order valence-electron chi connectivity index (χ2n) is 9.70. The van der Waals surface area contributed by atoms with E-state index < -0.39 is 0 Å². The molecule has 0 spiro atoms. The number of likely N-dealkylation sites (tertiary alicyclic amines) is 1. The number of aromatic nitrogens is 3. The summed E-state index contributed by atoms with van der Waals surface area (Å²) in [7, 11) is 0. The molecule has 1 aromatic carbocycles. The van der Waals surface area contributed by atoms with Crippen molar-refractivity contribution in [2.75, 3.05) is 44.2 Å². The fraction of sp³-hybridized carbons (Fsp3) is 0.310. The van der Waals surface area contributed by atoms with Gasteiger partial charge in [-0.2, -0.15) is 0 Å². The molecule has 188 valence electrons. The van der Waals surface area contributed by atoms with Crippen LogP contribution in [-0.4, -0.2) is 75.3 Å². The summed E-state index contributed by atoms with van der Waals surface area (Å²) >= 11 is 0. The van der Waals surface area contributed by atoms with Gasteiger partial charge in [0.05, 0.1) is 5.52 Å². The lowest BCUT2D eigenvalue weighted by molar-refractivity contribution is 0.0700. The van der Waals surface area contributed by atoms with Crippen molar-refractivity contribution in [3.63, 3.8) is 0 Å². The zero-order chi connectivity index (χ0) is 25.2. The molecule has 0 saturated carbocycles. The smallest absolute Gasteiger partial charge is 0.274 e. The highest BCUT2D eigenvalue weighted by Crippen LogP contribution is 2.29. The number of nitrogens with zero attached hydrogens (tertiary/aromatic N) is 6. The molecule has 0 N–H and O–H groups in total. The molecule has 2 aliphatic heterocycles. The van der Waals surface area contributed by atoms with Crippen molar-refractivity contribution >= 4 is 23.1 Å². The molecule has 6 rings (SSSR count). The van der Waals surface area contributed by atoms with Crippen LogP contribution in [0.5, 0.6) is 0 Å². The van der Waals surface area contributed by atoms with Crippen LogP contribution >= 0.6 is 0 Å². The van der Waals surface area contributed by atoms with Crippen LogP contribution in [-0.2, 0) is 0 Å². The van der Waals surface area contributed by atoms with Crippen LogP contribution in [0.2, 0.25) is 0 Å². The van der Waals surface area contributed by atoms with E-state index in [0.29, 0.717) is 30.9 Å². The molecule has 8 heteroatoms. The summed E-state index contributed by atoms with van der Waals surface area (Å²) in [5.41, 5.74) is 2.02. The van der Waals surface area contributed by atoms with E-state index in [1.54, 1.807) is 6.20 Å². The first-order valence-electron chi connectivity index (χ1n) is 13.0. The molecule has 8 nitrogen and oxygen atoms in total. The molecular formula is C29H30N6O2. The number of rotatable bonds is 4. The van der Waals surface area contributed by atoms with Gasteiger partial charge in [0, 0.05) is 63.1 Å². The highest BCUT2D eigenvalue weighted by Gasteiger charge is 2.31. The average Bonchev–Trinajstić information content (AvgIpc) is 3.37. The fourth-order valence-corrected chi connectivity index (χ4v) is 5.47. The highest BCUT2D eigenvalue weighted by molar-refractivity contribution is 5.99. The van der Waals surface area contributed by atoms with E-state index in [0.717, 1.165) is 49.6 Å². The maximum Gasteiger partial charge on any atom is 0.274 e. The Balaban J connectivity index is 1.22. The molecule has 0 aliphatic carbocycles. The summed E-state index contributed by atoms with van der Waals surface area (Å²) < 4.78 is 2.04. The van der Waals surface area contributed by atoms with Crippen LogP contribution in [0, 0.1) is 0 Å². The highest BCUT2D eigenvalue weighted by atomic mass is 16.2. The Hall–Kier alpha value is -4.20. The number of amides is 2. The van der Waals surface area contributed by atoms with E-state index in [4.69, 9.17) is 4.98 Å². The summed E-state index contributed by atoms with van der Waals surface area (Å²) in [6.45, 7) is 4.05. The van der Waals surface area contributed by atoms with Gasteiger partial charge in [0.2, 0.25) is 0 Å². The quantitative estimate of drug-likeness (QED) is 0.433. The van der Waals surface area contributed by atoms with E-state index in [-0.39, 0.29) is 17.7 Å². The average molecular weight is 495 g/mol. The van der Waals surface area contributed by atoms with Crippen LogP contribution in [0.4, 0.5) is 5.82 Å². The Morgan fingerprint density at radius 1 is 0.784 bits per heavy atom. The predicted molar refractivity (Wildman–Crippen MR) is 142 cm³/mol. The third-order valence-electron chi connectivity index (χ3n) is 7.41. The van der Waals surface area contributed by atoms with Crippen molar-refractivity contribution in [2.24, 2.45) is 0 Å². The van der Waals surface area contributed by atoms with E-state index in [1.807, 2.05) is 87.1 Å². The van der Waals surface area contributed by atoms with Crippen LogP contribution in [0.3, 0.4) is 0 Å². The van der Waals surface area contributed by atoms with E-state index in [1.165, 1.54) is 0 Å². The Morgan fingerprint density at radius 3 is 2.35 bits per heavy atom. The number of hydrogen-bond donors (Lipinski definition) is 0. The molecule has 2 amide bonds. The van der Waals surface area contributed by atoms with Crippen molar-refractivity contribution in [3.05, 3.63) is 96.2 Å². The molecule has 5 heterocycles. The minimum Gasteiger partial charge on any atom is -0.353 e. The molecule has 1 atom stereocenters. The summed E-state index contributed by atoms with van der Waals surface area (Å²) in [6.07, 6.45) is 5.61. The van der Waals surface area contributed by atoms with Crippen molar-refractivity contribution in [2.45, 2.75) is 18.8 Å². The zero-order valence-corrected chi connectivity index (χ0v) is 20.7. The second kappa shape index (κ2) is 10.0. The third kappa shape index (κ3) is 4.55. The Morgan fingerprint density at radius 2 is 1.57 bits per heavy atom. The van der Waals surface area contributed by atoms with Gasteiger partial charge in [0.1, 0.15) is 11.6 Å². The third-order valence-corrected chi connectivity index (χ3v) is 7.41. The SMILES string of the molecule is O=C(c1ccccc1)N1CCC[C@@H](c2nc(C(=O)N3CCN(c4ccccn4)CC3)c3ccccn23)C1. The van der Waals surface area contributed by atoms with Gasteiger partial charge in [-0.3, -0.25) is 9.59 Å². The topological polar surface area (TPSA) is 74.1 Å². The first kappa shape index (κ1) is 23.2. The Kier molecular flexibility index (Phi) is 6.30. The van der Waals surface area contributed by atoms with E-state index in [2.05, 4.69) is 9.88 Å². The predicted octanol–water partition coefficient (Wildman–Crippen LogP) is 3.71. The number of anilines is 1. The summed E-state index contributed by atoms with van der Waals surface area (Å²) in [5.74, 6) is 1.88. The first-order chi connectivity index (χ1) is 18.2. The monoisotopic (exact) mass is 494 g/mol. The molecule has 2 aliphatic rings. The molecule has 0 radical (unpaired) electrons. The number of pyridine rings is 2. The van der Waals surface area contributed by atoms with Gasteiger partial charge >= 0.3 is 0 Å². The minimum atomic E-state index is -0.0383. The van der Waals surface area contributed by atoms with Crippen LogP contribution in [0.25, 0.3) is 5.52 Å². The molecule has 4 aromatic rings. The van der Waals surface area contributed by atoms with Crippen LogP contribution < -0.4 is 4.90 Å². The second-order valence-corrected chi connectivity index (χ2v) is 9.70. The number of fused-ring (bicyclic) bond motifs is 1. The van der Waals surface area contributed by atoms with Crippen molar-refractivity contribution in [3.8, 4) is 0 Å². The van der Waals surface area contributed by atoms with Crippen molar-refractivity contribution in [1.82, 2.24) is 24.2 Å². The van der Waals surface area contributed by atoms with E-state index in [9.17, 15) is 9.59 Å². The Labute approximate surface area is 216 Å². The van der Waals surface area contributed by atoms with Gasteiger partial charge in [0.15, 0.2) is 5.69 Å². The van der Waals surface area contributed by atoms with Gasteiger partial charge < -0.3 is 19.1 Å². The van der Waals surface area contributed by atoms with Gasteiger partial charge in [-0.15, -0.1) is 0 Å². The van der Waals surface area contributed by atoms with E-state index >= 15 is 0 Å². The largest absolute Gasteiger partial charge is 0.353 e. The number of hydrogen-bond acceptors (Lipinski definition) is 5. The van der Waals surface area contributed by atoms with Gasteiger partial charge in [-0.25, -0.2) is 9.97 Å². The molecule has 0 unspecified atom stereocenters. The maximum atomic E-state index is 13.7. The molecule has 3 aromatic heterocycles. The molecule has 0 bridgehead atoms. The Bertz CT molecular complexity index is 1400. The zero-order valence-electron chi connectivity index (χ0n) is 20.7. The standard InChI is InChI=1S/C29H30N6O2/c36-28(22-9-2-1-3-10-22)34-15-8-11-23(21-34)27-31-26(24-12-5-7-16-35(24)27)29(37)33-19-17-32(18-20-33)25-13-4-6-14-30-25/h1-7,9-10,12-14,16,23H,8,11,15,17-21H2/t23-/m1/s1. The number of carbonyl (C=O) groups excluding carboxylic acids is 2. The van der Waals surface area contributed by atoms with Gasteiger partial charge in [-0.05, 0) is 49.2 Å².